The quantitative estimate of drug-likeness (QED) is 0.0643. The van der Waals surface area contributed by atoms with Crippen molar-refractivity contribution in [1.29, 1.82) is 0 Å². The van der Waals surface area contributed by atoms with E-state index in [1.807, 2.05) is 0 Å². The van der Waals surface area contributed by atoms with E-state index in [0.717, 1.165) is 0 Å². The summed E-state index contributed by atoms with van der Waals surface area (Å²) in [5.74, 6) is 3.82. The van der Waals surface area contributed by atoms with E-state index in [4.69, 9.17) is 0 Å². The normalized spacial score (nSPS) is 9.05. The number of carbonyl (C=O) groups excluding carboxylic acids is 4. The fraction of sp³-hybridized carbons (Fsp3) is 0.524. The van der Waals surface area contributed by atoms with Crippen molar-refractivity contribution < 1.29 is 122 Å². The van der Waals surface area contributed by atoms with Crippen molar-refractivity contribution >= 4 is 34.9 Å². The molecule has 2 aromatic heterocycles. The average molecular weight is 785 g/mol. The van der Waals surface area contributed by atoms with E-state index < -0.39 is 5.97 Å². The van der Waals surface area contributed by atoms with Crippen LogP contribution in [0.15, 0.2) is 15.7 Å². The Morgan fingerprint density at radius 1 is 1.11 bits per heavy atom. The molecule has 2 heterocycles. The van der Waals surface area contributed by atoms with Gasteiger partial charge in [-0.15, -0.1) is 6.20 Å². The van der Waals surface area contributed by atoms with Crippen LogP contribution in [0, 0.1) is 12.4 Å². The minimum atomic E-state index is -0.512. The summed E-state index contributed by atoms with van der Waals surface area (Å²) in [6.45, 7) is 4.63. The molecule has 0 aliphatic heterocycles. The van der Waals surface area contributed by atoms with Gasteiger partial charge in [-0.1, -0.05) is 37.4 Å². The van der Waals surface area contributed by atoms with Gasteiger partial charge < -0.3 is 43.5 Å². The third kappa shape index (κ3) is 38.2. The maximum atomic E-state index is 10.9. The van der Waals surface area contributed by atoms with Gasteiger partial charge in [0.25, 0.3) is 5.97 Å². The molecule has 0 saturated heterocycles. The van der Waals surface area contributed by atoms with Crippen molar-refractivity contribution in [2.24, 2.45) is 19.9 Å². The van der Waals surface area contributed by atoms with Gasteiger partial charge in [0.05, 0.1) is 12.4 Å². The van der Waals surface area contributed by atoms with E-state index in [2.05, 4.69) is 50.2 Å². The third-order valence-electron chi connectivity index (χ3n) is 2.85. The van der Waals surface area contributed by atoms with Crippen LogP contribution in [0.1, 0.15) is 56.8 Å². The van der Waals surface area contributed by atoms with Gasteiger partial charge in [0, 0.05) is 119 Å². The molecule has 1 saturated carbocycles. The van der Waals surface area contributed by atoms with Crippen molar-refractivity contribution in [3.63, 3.8) is 0 Å². The number of ether oxygens (including phenoxy) is 1. The molecule has 0 bridgehead atoms. The Morgan fingerprint density at radius 2 is 1.55 bits per heavy atom. The number of ketones is 1. The number of aryl methyl sites for hydroxylation is 2. The Labute approximate surface area is 303 Å². The molecule has 1 aliphatic rings. The molecule has 0 aromatic carbocycles. The van der Waals surface area contributed by atoms with E-state index >= 15 is 0 Å². The van der Waals surface area contributed by atoms with Gasteiger partial charge in [-0.25, -0.2) is 0 Å². The van der Waals surface area contributed by atoms with E-state index in [0.29, 0.717) is 6.61 Å². The topological polar surface area (TPSA) is 191 Å². The van der Waals surface area contributed by atoms with Crippen molar-refractivity contribution in [3.05, 3.63) is 44.7 Å². The number of nitrogens with zero attached hydrogens (tertiary/aromatic N) is 2. The number of H-pyrrole nitrogens is 2. The zero-order chi connectivity index (χ0) is 27.8. The van der Waals surface area contributed by atoms with Gasteiger partial charge in [0.1, 0.15) is 5.56 Å². The molecule has 17 heteroatoms. The number of esters is 1. The number of nitrogens with one attached hydrogen (secondary N) is 3. The van der Waals surface area contributed by atoms with Crippen LogP contribution in [0.25, 0.3) is 0 Å². The molecule has 1 aliphatic carbocycles. The number of halogens is 1. The van der Waals surface area contributed by atoms with E-state index in [1.165, 1.54) is 61.9 Å². The first kappa shape index (κ1) is 50.8. The Morgan fingerprint density at radius 3 is 1.71 bits per heavy atom. The molecule has 1 fully saturated rings. The first-order valence-corrected chi connectivity index (χ1v) is 10.6. The summed E-state index contributed by atoms with van der Waals surface area (Å²) in [5, 5.41) is 4.66. The van der Waals surface area contributed by atoms with E-state index in [1.54, 1.807) is 21.0 Å². The number of hydrogen-bond acceptors (Lipinski definition) is 9. The predicted molar refractivity (Wildman–Crippen MR) is 130 cm³/mol. The Bertz CT molecular complexity index is 968. The van der Waals surface area contributed by atoms with Crippen LogP contribution in [0.3, 0.4) is 0 Å². The fourth-order valence-corrected chi connectivity index (χ4v) is 1.26. The van der Waals surface area contributed by atoms with Gasteiger partial charge >= 0.3 is 0 Å². The first-order valence-electron chi connectivity index (χ1n) is 10.2. The summed E-state index contributed by atoms with van der Waals surface area (Å²) < 4.78 is 6.93. The summed E-state index contributed by atoms with van der Waals surface area (Å²) in [7, 11) is 4.82. The number of hydrazine groups is 1. The molecule has 0 unspecified atom stereocenters. The third-order valence-corrected chi connectivity index (χ3v) is 2.85. The minimum absolute atomic E-state index is 0. The van der Waals surface area contributed by atoms with Crippen LogP contribution >= 0.6 is 11.6 Å². The molecule has 5 N–H and O–H groups in total. The molecule has 3 rings (SSSR count). The predicted octanol–water partition coefficient (Wildman–Crippen LogP) is 0.293. The molecular weight excluding hydrogens is 750 g/mol. The van der Waals surface area contributed by atoms with Gasteiger partial charge in [0.15, 0.2) is 5.56 Å². The maximum absolute atomic E-state index is 10.9. The number of rotatable bonds is 4. The Kier molecular flexibility index (Phi) is 46.9. The van der Waals surface area contributed by atoms with Crippen LogP contribution in [-0.2, 0) is 131 Å². The first-order chi connectivity index (χ1) is 16.4. The standard InChI is InChI=1S/C6H7N2O2.C5H7O3.C4H5N2O.C3H6.C2H3ClO.CH6N2.3Y/c1-4(9)5-3-7-8(2)6(5)10;1-2-8-5(7)3-4-6;1-6-4(7)2-3-5-6;1-2-3-1;1-2(3)4;1-3-2;;;/h7H,1-2H3;2-3H2,1H3;2,5H,1H3;1-3H2;1H3;3H,2H2,1H3;;;/q3*-1;;;;;;. The molecule has 3 radical (unpaired) electrons. The van der Waals surface area contributed by atoms with E-state index in [9.17, 15) is 28.8 Å². The zero-order valence-corrected chi connectivity index (χ0v) is 31.8. The minimum Gasteiger partial charge on any atom is -0.541 e. The van der Waals surface area contributed by atoms with Crippen molar-refractivity contribution in [2.45, 2.75) is 46.5 Å². The monoisotopic (exact) mass is 784 g/mol. The number of aromatic nitrogens is 4. The van der Waals surface area contributed by atoms with Gasteiger partial charge in [0.2, 0.25) is 5.24 Å². The van der Waals surface area contributed by atoms with Crippen LogP contribution < -0.4 is 22.4 Å². The largest absolute Gasteiger partial charge is 0.541 e. The van der Waals surface area contributed by atoms with Crippen molar-refractivity contribution in [1.82, 2.24) is 25.0 Å². The number of hydrogen-bond donors (Lipinski definition) is 4. The Balaban J connectivity index is -0.0000000838. The average Bonchev–Trinajstić information content (AvgIpc) is 3.54. The molecule has 2 aromatic rings. The molecule has 0 spiro atoms. The second kappa shape index (κ2) is 35.0. The molecule has 13 nitrogen and oxygen atoms in total. The van der Waals surface area contributed by atoms with Gasteiger partial charge in [-0.05, 0) is 32.5 Å². The summed E-state index contributed by atoms with van der Waals surface area (Å²) in [6.07, 6.45) is 10.6. The maximum Gasteiger partial charge on any atom is 0.278 e. The molecule has 0 atom stereocenters. The van der Waals surface area contributed by atoms with Crippen LogP contribution in [0.4, 0.5) is 0 Å². The number of nitrogens with two attached hydrogens (primary N) is 1. The summed E-state index contributed by atoms with van der Waals surface area (Å²) in [4.78, 5) is 60.7. The number of carbonyl (C=O) groups is 3. The zero-order valence-electron chi connectivity index (χ0n) is 22.6. The summed E-state index contributed by atoms with van der Waals surface area (Å²) >= 11 is 4.64. The van der Waals surface area contributed by atoms with Gasteiger partial charge in [-0.2, -0.15) is 6.07 Å². The summed E-state index contributed by atoms with van der Waals surface area (Å²) in [5.41, 5.74) is 1.95. The molecular formula is C21H34ClN6O7Y3-3. The summed E-state index contributed by atoms with van der Waals surface area (Å²) in [6, 6.07) is 1.35. The smallest absolute Gasteiger partial charge is 0.278 e. The molecule has 209 valence electrons. The van der Waals surface area contributed by atoms with Crippen LogP contribution in [0.5, 0.6) is 0 Å². The molecule has 0 amide bonds. The van der Waals surface area contributed by atoms with Gasteiger partial charge in [-0.3, -0.25) is 27.1 Å². The molecule has 38 heavy (non-hydrogen) atoms. The Hall–Kier alpha value is 0.0217. The second-order valence-corrected chi connectivity index (χ2v) is 6.81. The number of aromatic amines is 2. The number of Topliss-reactive ketones (excluding diaryl/α,β-unsaturated/α-hetero) is 1. The second-order valence-electron chi connectivity index (χ2n) is 6.28. The van der Waals surface area contributed by atoms with E-state index in [-0.39, 0.29) is 132 Å². The van der Waals surface area contributed by atoms with Crippen LogP contribution in [-0.4, -0.2) is 56.5 Å². The fourth-order valence-electron chi connectivity index (χ4n) is 1.26. The SMILES string of the molecule is C1CC1.CC(=O)Cl.CC(=O)c1[c-][nH]n(C)c1=O.CCOC(=O)C[C-]=O.CNN.Cn1[nH][c-]cc1=O.[Y].[Y].[Y]. The van der Waals surface area contributed by atoms with Crippen LogP contribution in [0.2, 0.25) is 0 Å². The van der Waals surface area contributed by atoms with Crippen molar-refractivity contribution in [2.75, 3.05) is 13.7 Å². The van der Waals surface area contributed by atoms with Crippen molar-refractivity contribution in [3.8, 4) is 0 Å².